The lowest BCUT2D eigenvalue weighted by molar-refractivity contribution is -0.142. The van der Waals surface area contributed by atoms with E-state index in [9.17, 15) is 14.4 Å². The van der Waals surface area contributed by atoms with Gasteiger partial charge in [-0.2, -0.15) is 5.01 Å². The molecule has 1 aromatic rings. The van der Waals surface area contributed by atoms with E-state index in [-0.39, 0.29) is 32.1 Å². The quantitative estimate of drug-likeness (QED) is 0.541. The predicted octanol–water partition coefficient (Wildman–Crippen LogP) is 2.91. The first-order chi connectivity index (χ1) is 10.9. The number of rotatable bonds is 2. The number of nitrogens with one attached hydrogen (secondary N) is 1. The van der Waals surface area contributed by atoms with Crippen LogP contribution in [-0.2, 0) is 9.59 Å². The third kappa shape index (κ3) is 3.06. The molecule has 122 valence electrons. The fourth-order valence-electron chi connectivity index (χ4n) is 3.01. The summed E-state index contributed by atoms with van der Waals surface area (Å²) < 4.78 is 0. The lowest BCUT2D eigenvalue weighted by atomic mass is 9.81. The molecule has 1 N–H and O–H groups in total. The van der Waals surface area contributed by atoms with Crippen molar-refractivity contribution >= 4 is 61.2 Å². The van der Waals surface area contributed by atoms with Crippen LogP contribution in [0.25, 0.3) is 0 Å². The first-order valence-corrected chi connectivity index (χ1v) is 9.32. The molecule has 0 radical (unpaired) electrons. The monoisotopic (exact) mass is 462 g/mol. The van der Waals surface area contributed by atoms with E-state index in [1.165, 1.54) is 0 Å². The predicted molar refractivity (Wildman–Crippen MR) is 92.4 cm³/mol. The van der Waals surface area contributed by atoms with Crippen LogP contribution in [-0.4, -0.2) is 32.4 Å². The molecule has 0 bridgehead atoms. The number of halogens is 3. The Kier molecular flexibility index (Phi) is 4.80. The summed E-state index contributed by atoms with van der Waals surface area (Å²) in [5, 5.41) is 1.12. The number of hydrogen-bond donors (Lipinski definition) is 1. The molecule has 2 fully saturated rings. The largest absolute Gasteiger partial charge is 0.272 e. The molecule has 1 saturated heterocycles. The van der Waals surface area contributed by atoms with E-state index in [1.54, 1.807) is 24.3 Å². The second-order valence-corrected chi connectivity index (χ2v) is 8.41. The first kappa shape index (κ1) is 16.9. The van der Waals surface area contributed by atoms with Crippen LogP contribution in [0, 0.1) is 11.8 Å². The number of nitrogens with zero attached hydrogens (tertiary/aromatic N) is 1. The zero-order chi connectivity index (χ0) is 16.7. The van der Waals surface area contributed by atoms with Crippen molar-refractivity contribution in [3.63, 3.8) is 0 Å². The normalized spacial score (nSPS) is 30.3. The zero-order valence-corrected chi connectivity index (χ0v) is 15.8. The number of hydrogen-bond acceptors (Lipinski definition) is 3. The Hall–Kier alpha value is -0.920. The van der Waals surface area contributed by atoms with E-state index in [1.807, 2.05) is 0 Å². The third-order valence-corrected chi connectivity index (χ3v) is 7.31. The van der Waals surface area contributed by atoms with Crippen LogP contribution in [0.4, 0.5) is 0 Å². The van der Waals surface area contributed by atoms with Crippen LogP contribution in [0.5, 0.6) is 0 Å². The molecule has 4 atom stereocenters. The summed E-state index contributed by atoms with van der Waals surface area (Å²) in [5.74, 6) is -2.07. The van der Waals surface area contributed by atoms with Crippen LogP contribution in [0.1, 0.15) is 23.2 Å². The van der Waals surface area contributed by atoms with Crippen molar-refractivity contribution in [1.82, 2.24) is 10.4 Å². The minimum Gasteiger partial charge on any atom is -0.272 e. The number of benzene rings is 1. The maximum Gasteiger partial charge on any atom is 0.271 e. The zero-order valence-electron chi connectivity index (χ0n) is 11.8. The van der Waals surface area contributed by atoms with Gasteiger partial charge in [-0.15, -0.1) is 0 Å². The van der Waals surface area contributed by atoms with Crippen LogP contribution < -0.4 is 5.43 Å². The fourth-order valence-corrected chi connectivity index (χ4v) is 4.47. The molecule has 8 heteroatoms. The Balaban J connectivity index is 1.79. The molecule has 3 rings (SSSR count). The summed E-state index contributed by atoms with van der Waals surface area (Å²) >= 11 is 13.0. The van der Waals surface area contributed by atoms with Gasteiger partial charge in [-0.25, -0.2) is 0 Å². The van der Waals surface area contributed by atoms with Crippen molar-refractivity contribution < 1.29 is 14.4 Å². The summed E-state index contributed by atoms with van der Waals surface area (Å²) in [7, 11) is 0. The van der Waals surface area contributed by atoms with Crippen molar-refractivity contribution in [2.45, 2.75) is 22.5 Å². The maximum atomic E-state index is 12.5. The first-order valence-electron chi connectivity index (χ1n) is 7.11. The second-order valence-electron chi connectivity index (χ2n) is 5.65. The molecule has 0 aromatic heterocycles. The molecule has 5 nitrogen and oxygen atoms in total. The summed E-state index contributed by atoms with van der Waals surface area (Å²) in [6.45, 7) is 0. The van der Waals surface area contributed by atoms with Crippen molar-refractivity contribution in [3.05, 3.63) is 34.9 Å². The van der Waals surface area contributed by atoms with Gasteiger partial charge in [-0.1, -0.05) is 55.6 Å². The van der Waals surface area contributed by atoms with E-state index < -0.39 is 17.7 Å². The standard InChI is InChI=1S/C15H13Br2ClN2O3/c16-10-5-8-9(6-11(10)17)15(23)20(14(8)22)19-13(21)7-3-1-2-4-12(7)18/h1-4,8-11H,5-6H2,(H,19,21)/t8-,9+,10+,11-. The lowest BCUT2D eigenvalue weighted by Gasteiger charge is -2.29. The summed E-state index contributed by atoms with van der Waals surface area (Å²) in [6, 6.07) is 6.48. The molecule has 1 saturated carbocycles. The van der Waals surface area contributed by atoms with Crippen LogP contribution in [0.3, 0.4) is 0 Å². The van der Waals surface area contributed by atoms with Gasteiger partial charge in [-0.3, -0.25) is 19.8 Å². The second kappa shape index (κ2) is 6.53. The van der Waals surface area contributed by atoms with Gasteiger partial charge in [-0.05, 0) is 25.0 Å². The molecule has 1 aliphatic heterocycles. The SMILES string of the molecule is O=C(NN1C(=O)[C@H]2C[C@@H](Br)[C@@H](Br)C[C@H]2C1=O)c1ccccc1Cl. The summed E-state index contributed by atoms with van der Waals surface area (Å²) in [5.41, 5.74) is 2.63. The average Bonchev–Trinajstić information content (AvgIpc) is 2.73. The highest BCUT2D eigenvalue weighted by Crippen LogP contribution is 2.42. The highest BCUT2D eigenvalue weighted by Gasteiger charge is 2.52. The van der Waals surface area contributed by atoms with E-state index in [2.05, 4.69) is 37.3 Å². The van der Waals surface area contributed by atoms with E-state index in [4.69, 9.17) is 11.6 Å². The Morgan fingerprint density at radius 3 is 2.13 bits per heavy atom. The molecule has 0 spiro atoms. The van der Waals surface area contributed by atoms with Crippen LogP contribution in [0.15, 0.2) is 24.3 Å². The molecule has 2 aliphatic rings. The smallest absolute Gasteiger partial charge is 0.271 e. The number of carbonyl (C=O) groups excluding carboxylic acids is 3. The van der Waals surface area contributed by atoms with Gasteiger partial charge in [0, 0.05) is 9.65 Å². The van der Waals surface area contributed by atoms with E-state index >= 15 is 0 Å². The van der Waals surface area contributed by atoms with Gasteiger partial charge in [0.1, 0.15) is 0 Å². The Morgan fingerprint density at radius 2 is 1.61 bits per heavy atom. The average molecular weight is 465 g/mol. The number of amides is 3. The van der Waals surface area contributed by atoms with Crippen LogP contribution in [0.2, 0.25) is 5.02 Å². The minimum atomic E-state index is -0.568. The third-order valence-electron chi connectivity index (χ3n) is 4.24. The Morgan fingerprint density at radius 1 is 1.09 bits per heavy atom. The lowest BCUT2D eigenvalue weighted by Crippen LogP contribution is -2.46. The molecule has 0 unspecified atom stereocenters. The number of alkyl halides is 2. The van der Waals surface area contributed by atoms with Gasteiger partial charge < -0.3 is 0 Å². The Labute approximate surface area is 155 Å². The van der Waals surface area contributed by atoms with Gasteiger partial charge in [0.05, 0.1) is 22.4 Å². The minimum absolute atomic E-state index is 0.125. The highest BCUT2D eigenvalue weighted by molar-refractivity contribution is 9.12. The molecular weight excluding hydrogens is 451 g/mol. The molecule has 1 heterocycles. The molecule has 1 aromatic carbocycles. The fraction of sp³-hybridized carbons (Fsp3) is 0.400. The highest BCUT2D eigenvalue weighted by atomic mass is 79.9. The van der Waals surface area contributed by atoms with Crippen molar-refractivity contribution in [3.8, 4) is 0 Å². The van der Waals surface area contributed by atoms with Crippen LogP contribution >= 0.6 is 43.5 Å². The number of fused-ring (bicyclic) bond motifs is 1. The topological polar surface area (TPSA) is 66.5 Å². The summed E-state index contributed by atoms with van der Waals surface area (Å²) in [6.07, 6.45) is 1.12. The van der Waals surface area contributed by atoms with Gasteiger partial charge in [0.15, 0.2) is 0 Å². The van der Waals surface area contributed by atoms with Gasteiger partial charge >= 0.3 is 0 Å². The summed E-state index contributed by atoms with van der Waals surface area (Å²) in [4.78, 5) is 37.5. The van der Waals surface area contributed by atoms with Crippen molar-refractivity contribution in [2.75, 3.05) is 0 Å². The number of hydrazine groups is 1. The Bertz CT molecular complexity index is 656. The van der Waals surface area contributed by atoms with Gasteiger partial charge in [0.25, 0.3) is 17.7 Å². The van der Waals surface area contributed by atoms with E-state index in [0.29, 0.717) is 12.8 Å². The van der Waals surface area contributed by atoms with Gasteiger partial charge in [0.2, 0.25) is 0 Å². The van der Waals surface area contributed by atoms with E-state index in [0.717, 1.165) is 5.01 Å². The molecule has 1 aliphatic carbocycles. The number of imide groups is 1. The molecule has 23 heavy (non-hydrogen) atoms. The molecule has 3 amide bonds. The number of carbonyl (C=O) groups is 3. The van der Waals surface area contributed by atoms with Crippen molar-refractivity contribution in [1.29, 1.82) is 0 Å². The maximum absolute atomic E-state index is 12.5. The molecular formula is C15H13Br2ClN2O3. The van der Waals surface area contributed by atoms with Crippen molar-refractivity contribution in [2.24, 2.45) is 11.8 Å².